The smallest absolute Gasteiger partial charge is 0.242 e. The Kier molecular flexibility index (Phi) is 4.56. The molecule has 0 atom stereocenters. The van der Waals surface area contributed by atoms with E-state index in [4.69, 9.17) is 16.1 Å². The molecule has 1 N–H and O–H groups in total. The molecule has 2 aromatic heterocycles. The van der Waals surface area contributed by atoms with Crippen molar-refractivity contribution in [1.29, 1.82) is 0 Å². The van der Waals surface area contributed by atoms with Gasteiger partial charge < -0.3 is 4.52 Å². The highest BCUT2D eigenvalue weighted by Gasteiger charge is 2.16. The number of halogens is 2. The number of aromatic nitrogens is 3. The monoisotopic (exact) mass is 368 g/mol. The van der Waals surface area contributed by atoms with E-state index in [1.807, 2.05) is 0 Å². The van der Waals surface area contributed by atoms with E-state index in [0.29, 0.717) is 5.56 Å². The van der Waals surface area contributed by atoms with Crippen molar-refractivity contribution in [2.45, 2.75) is 11.4 Å². The average Bonchev–Trinajstić information content (AvgIpc) is 3.03. The normalized spacial score (nSPS) is 11.6. The molecule has 7 nitrogen and oxygen atoms in total. The van der Waals surface area contributed by atoms with E-state index in [0.717, 1.165) is 6.20 Å². The van der Waals surface area contributed by atoms with Gasteiger partial charge in [-0.05, 0) is 36.4 Å². The molecule has 0 bridgehead atoms. The molecular formula is C14H10ClFN4O3S. The van der Waals surface area contributed by atoms with Crippen LogP contribution in [0.25, 0.3) is 11.4 Å². The number of nitrogens with zero attached hydrogens (tertiary/aromatic N) is 3. The van der Waals surface area contributed by atoms with E-state index in [2.05, 4.69) is 19.8 Å². The summed E-state index contributed by atoms with van der Waals surface area (Å²) in [4.78, 5) is 7.74. The zero-order valence-electron chi connectivity index (χ0n) is 12.0. The molecule has 2 heterocycles. The summed E-state index contributed by atoms with van der Waals surface area (Å²) in [6, 6.07) is 8.22. The van der Waals surface area contributed by atoms with Gasteiger partial charge in [0.15, 0.2) is 0 Å². The van der Waals surface area contributed by atoms with E-state index < -0.39 is 10.0 Å². The van der Waals surface area contributed by atoms with E-state index >= 15 is 0 Å². The molecule has 124 valence electrons. The molecule has 0 aliphatic rings. The molecule has 0 spiro atoms. The zero-order valence-corrected chi connectivity index (χ0v) is 13.6. The summed E-state index contributed by atoms with van der Waals surface area (Å²) in [5.74, 6) is -0.0796. The molecule has 0 saturated heterocycles. The lowest BCUT2D eigenvalue weighted by Gasteiger charge is -2.03. The van der Waals surface area contributed by atoms with Crippen molar-refractivity contribution in [3.63, 3.8) is 0 Å². The summed E-state index contributed by atoms with van der Waals surface area (Å²) in [7, 11) is -3.78. The summed E-state index contributed by atoms with van der Waals surface area (Å²) < 4.78 is 44.4. The molecule has 0 saturated carbocycles. The molecule has 0 aliphatic carbocycles. The maximum Gasteiger partial charge on any atom is 0.242 e. The Morgan fingerprint density at radius 2 is 1.92 bits per heavy atom. The Labute approximate surface area is 141 Å². The van der Waals surface area contributed by atoms with Crippen LogP contribution in [-0.2, 0) is 16.6 Å². The van der Waals surface area contributed by atoms with E-state index in [1.165, 1.54) is 36.4 Å². The predicted octanol–water partition coefficient (Wildman–Crippen LogP) is 2.40. The Bertz CT molecular complexity index is 943. The molecule has 3 rings (SSSR count). The van der Waals surface area contributed by atoms with Crippen LogP contribution in [0.4, 0.5) is 4.39 Å². The first-order valence-corrected chi connectivity index (χ1v) is 8.50. The van der Waals surface area contributed by atoms with Gasteiger partial charge in [0.2, 0.25) is 21.7 Å². The number of benzene rings is 1. The molecule has 0 unspecified atom stereocenters. The highest BCUT2D eigenvalue weighted by molar-refractivity contribution is 7.89. The van der Waals surface area contributed by atoms with Crippen molar-refractivity contribution < 1.29 is 17.3 Å². The summed E-state index contributed by atoms with van der Waals surface area (Å²) >= 11 is 5.62. The molecule has 10 heteroatoms. The third-order valence-corrected chi connectivity index (χ3v) is 4.60. The van der Waals surface area contributed by atoms with Gasteiger partial charge >= 0.3 is 0 Å². The Morgan fingerprint density at radius 3 is 2.58 bits per heavy atom. The Balaban J connectivity index is 1.71. The predicted molar refractivity (Wildman–Crippen MR) is 83.0 cm³/mol. The van der Waals surface area contributed by atoms with Crippen molar-refractivity contribution >= 4 is 21.6 Å². The van der Waals surface area contributed by atoms with Crippen molar-refractivity contribution in [3.05, 3.63) is 59.5 Å². The van der Waals surface area contributed by atoms with Crippen LogP contribution in [0.2, 0.25) is 5.15 Å². The first-order valence-electron chi connectivity index (χ1n) is 6.64. The van der Waals surface area contributed by atoms with Gasteiger partial charge in [-0.25, -0.2) is 22.5 Å². The molecule has 0 aliphatic heterocycles. The highest BCUT2D eigenvalue weighted by atomic mass is 35.5. The molecule has 3 aromatic rings. The first kappa shape index (κ1) is 16.5. The number of pyridine rings is 1. The van der Waals surface area contributed by atoms with E-state index in [1.54, 1.807) is 0 Å². The standard InChI is InChI=1S/C14H10ClFN4O3S/c15-12-6-5-11(7-17-12)24(21,22)18-8-13-19-14(20-23-13)9-1-3-10(16)4-2-9/h1-7,18H,8H2. The number of nitrogens with one attached hydrogen (secondary N) is 1. The average molecular weight is 369 g/mol. The molecule has 24 heavy (non-hydrogen) atoms. The van der Waals surface area contributed by atoms with Crippen molar-refractivity contribution in [2.75, 3.05) is 0 Å². The minimum absolute atomic E-state index is 0.0369. The third kappa shape index (κ3) is 3.75. The SMILES string of the molecule is O=S(=O)(NCc1nc(-c2ccc(F)cc2)no1)c1ccc(Cl)nc1. The fraction of sp³-hybridized carbons (Fsp3) is 0.0714. The molecule has 0 fully saturated rings. The van der Waals surface area contributed by atoms with Crippen molar-refractivity contribution in [2.24, 2.45) is 0 Å². The van der Waals surface area contributed by atoms with Crippen LogP contribution in [-0.4, -0.2) is 23.5 Å². The maximum atomic E-state index is 12.9. The summed E-state index contributed by atoms with van der Waals surface area (Å²) in [5.41, 5.74) is 0.552. The van der Waals surface area contributed by atoms with E-state index in [-0.39, 0.29) is 34.1 Å². The van der Waals surface area contributed by atoms with Gasteiger partial charge in [0, 0.05) is 11.8 Å². The lowest BCUT2D eigenvalue weighted by Crippen LogP contribution is -2.23. The van der Waals surface area contributed by atoms with Crippen LogP contribution in [0.15, 0.2) is 52.0 Å². The van der Waals surface area contributed by atoms with Crippen LogP contribution in [0.5, 0.6) is 0 Å². The van der Waals surface area contributed by atoms with Crippen LogP contribution >= 0.6 is 11.6 Å². The van der Waals surface area contributed by atoms with Gasteiger partial charge in [0.25, 0.3) is 0 Å². The Morgan fingerprint density at radius 1 is 1.17 bits per heavy atom. The lowest BCUT2D eigenvalue weighted by atomic mass is 10.2. The first-order chi connectivity index (χ1) is 11.4. The third-order valence-electron chi connectivity index (χ3n) is 2.99. The van der Waals surface area contributed by atoms with E-state index in [9.17, 15) is 12.8 Å². The molecular weight excluding hydrogens is 359 g/mol. The number of hydrogen-bond donors (Lipinski definition) is 1. The number of sulfonamides is 1. The van der Waals surface area contributed by atoms with Crippen molar-refractivity contribution in [3.8, 4) is 11.4 Å². The van der Waals surface area contributed by atoms with Crippen LogP contribution in [0.3, 0.4) is 0 Å². The minimum Gasteiger partial charge on any atom is -0.338 e. The summed E-state index contributed by atoms with van der Waals surface area (Å²) in [6.07, 6.45) is 1.14. The Hall–Kier alpha value is -2.36. The number of rotatable bonds is 5. The second kappa shape index (κ2) is 6.63. The summed E-state index contributed by atoms with van der Waals surface area (Å²) in [5, 5.41) is 3.92. The molecule has 0 amide bonds. The lowest BCUT2D eigenvalue weighted by molar-refractivity contribution is 0.376. The van der Waals surface area contributed by atoms with Crippen LogP contribution in [0.1, 0.15) is 5.89 Å². The highest BCUT2D eigenvalue weighted by Crippen LogP contribution is 2.16. The van der Waals surface area contributed by atoms with Gasteiger partial charge in [-0.15, -0.1) is 0 Å². The number of hydrogen-bond acceptors (Lipinski definition) is 6. The van der Waals surface area contributed by atoms with Gasteiger partial charge in [0.1, 0.15) is 15.9 Å². The fourth-order valence-electron chi connectivity index (χ4n) is 1.80. The van der Waals surface area contributed by atoms with Gasteiger partial charge in [-0.1, -0.05) is 16.8 Å². The minimum atomic E-state index is -3.78. The molecule has 1 aromatic carbocycles. The van der Waals surface area contributed by atoms with Gasteiger partial charge in [-0.2, -0.15) is 4.98 Å². The van der Waals surface area contributed by atoms with Crippen LogP contribution in [0, 0.1) is 5.82 Å². The van der Waals surface area contributed by atoms with Gasteiger partial charge in [0.05, 0.1) is 6.54 Å². The maximum absolute atomic E-state index is 12.9. The second-order valence-corrected chi connectivity index (χ2v) is 6.81. The summed E-state index contributed by atoms with van der Waals surface area (Å²) in [6.45, 7) is -0.195. The van der Waals surface area contributed by atoms with Gasteiger partial charge in [-0.3, -0.25) is 0 Å². The zero-order chi connectivity index (χ0) is 17.2. The van der Waals surface area contributed by atoms with Crippen molar-refractivity contribution in [1.82, 2.24) is 19.8 Å². The van der Waals surface area contributed by atoms with Crippen LogP contribution < -0.4 is 4.72 Å². The largest absolute Gasteiger partial charge is 0.338 e. The second-order valence-electron chi connectivity index (χ2n) is 4.66. The quantitative estimate of drug-likeness (QED) is 0.694. The topological polar surface area (TPSA) is 98.0 Å². The molecule has 0 radical (unpaired) electrons. The fourth-order valence-corrected chi connectivity index (χ4v) is 2.83.